The number of hydrogen-bond acceptors (Lipinski definition) is 3. The average Bonchev–Trinajstić information content (AvgIpc) is 2.46. The Hall–Kier alpha value is -0.970. The summed E-state index contributed by atoms with van der Waals surface area (Å²) in [4.78, 5) is 2.36. The van der Waals surface area contributed by atoms with Crippen LogP contribution in [-0.4, -0.2) is 44.8 Å². The summed E-state index contributed by atoms with van der Waals surface area (Å²) in [6.45, 7) is 8.64. The summed E-state index contributed by atoms with van der Waals surface area (Å²) >= 11 is 0. The maximum Gasteiger partial charge on any atom is 0.123 e. The molecule has 0 aliphatic heterocycles. The highest BCUT2D eigenvalue weighted by Crippen LogP contribution is 2.17. The highest BCUT2D eigenvalue weighted by molar-refractivity contribution is 5.20. The van der Waals surface area contributed by atoms with Crippen LogP contribution in [-0.2, 0) is 4.74 Å². The summed E-state index contributed by atoms with van der Waals surface area (Å²) in [5.41, 5.74) is 1.01. The van der Waals surface area contributed by atoms with E-state index in [2.05, 4.69) is 17.1 Å². The fraction of sp³-hybridized carbons (Fsp3) is 0.625. The van der Waals surface area contributed by atoms with Crippen molar-refractivity contribution in [2.75, 3.05) is 39.9 Å². The maximum atomic E-state index is 13.3. The lowest BCUT2D eigenvalue weighted by molar-refractivity contribution is 0.113. The molecule has 0 fully saturated rings. The van der Waals surface area contributed by atoms with Gasteiger partial charge < -0.3 is 15.0 Å². The molecule has 0 amide bonds. The lowest BCUT2D eigenvalue weighted by Crippen LogP contribution is -2.31. The zero-order chi connectivity index (χ0) is 14.8. The van der Waals surface area contributed by atoms with Crippen LogP contribution < -0.4 is 5.32 Å². The molecule has 0 saturated carbocycles. The zero-order valence-electron chi connectivity index (χ0n) is 12.9. The summed E-state index contributed by atoms with van der Waals surface area (Å²) in [7, 11) is 1.92. The van der Waals surface area contributed by atoms with Gasteiger partial charge in [0, 0.05) is 25.7 Å². The largest absolute Gasteiger partial charge is 0.380 e. The van der Waals surface area contributed by atoms with E-state index in [1.54, 1.807) is 12.1 Å². The van der Waals surface area contributed by atoms with Crippen LogP contribution in [0.1, 0.15) is 31.9 Å². The van der Waals surface area contributed by atoms with Gasteiger partial charge in [-0.1, -0.05) is 19.1 Å². The van der Waals surface area contributed by atoms with Gasteiger partial charge in [-0.3, -0.25) is 0 Å². The highest BCUT2D eigenvalue weighted by Gasteiger charge is 2.12. The number of likely N-dealkylation sites (N-methyl/N-ethyl adjacent to an activating group) is 1. The number of nitrogens with zero attached hydrogens (tertiary/aromatic N) is 1. The standard InChI is InChI=1S/C16H27FN2O/c1-4-19(11-12-20-5-2)10-9-16(18-3)14-7-6-8-15(17)13-14/h6-8,13,16,18H,4-5,9-12H2,1-3H3. The molecule has 3 nitrogen and oxygen atoms in total. The first-order valence-corrected chi connectivity index (χ1v) is 7.44. The minimum atomic E-state index is -0.175. The predicted octanol–water partition coefficient (Wildman–Crippen LogP) is 2.83. The number of nitrogens with one attached hydrogen (secondary N) is 1. The molecule has 0 aliphatic rings. The molecule has 0 radical (unpaired) electrons. The van der Waals surface area contributed by atoms with Crippen LogP contribution >= 0.6 is 0 Å². The van der Waals surface area contributed by atoms with Crippen molar-refractivity contribution in [3.63, 3.8) is 0 Å². The SMILES string of the molecule is CCOCCN(CC)CCC(NC)c1cccc(F)c1. The van der Waals surface area contributed by atoms with Crippen molar-refractivity contribution < 1.29 is 9.13 Å². The third kappa shape index (κ3) is 5.99. The number of hydrogen-bond donors (Lipinski definition) is 1. The normalized spacial score (nSPS) is 12.8. The molecular weight excluding hydrogens is 255 g/mol. The van der Waals surface area contributed by atoms with Gasteiger partial charge in [-0.2, -0.15) is 0 Å². The second-order valence-electron chi connectivity index (χ2n) is 4.82. The summed E-state index contributed by atoms with van der Waals surface area (Å²) in [6, 6.07) is 7.02. The molecule has 4 heteroatoms. The Kier molecular flexibility index (Phi) is 8.42. The lowest BCUT2D eigenvalue weighted by atomic mass is 10.0. The molecular formula is C16H27FN2O. The van der Waals surface area contributed by atoms with E-state index in [0.717, 1.165) is 44.8 Å². The first kappa shape index (κ1) is 17.1. The molecule has 0 aromatic heterocycles. The number of halogens is 1. The number of ether oxygens (including phenoxy) is 1. The Morgan fingerprint density at radius 3 is 2.70 bits per heavy atom. The maximum absolute atomic E-state index is 13.3. The van der Waals surface area contributed by atoms with Gasteiger partial charge in [-0.05, 0) is 44.6 Å². The molecule has 0 spiro atoms. The van der Waals surface area contributed by atoms with Gasteiger partial charge in [-0.15, -0.1) is 0 Å². The molecule has 1 N–H and O–H groups in total. The van der Waals surface area contributed by atoms with Gasteiger partial charge in [0.1, 0.15) is 5.82 Å². The van der Waals surface area contributed by atoms with Crippen molar-refractivity contribution in [3.05, 3.63) is 35.6 Å². The zero-order valence-corrected chi connectivity index (χ0v) is 12.9. The first-order valence-electron chi connectivity index (χ1n) is 7.44. The highest BCUT2D eigenvalue weighted by atomic mass is 19.1. The average molecular weight is 282 g/mol. The summed E-state index contributed by atoms with van der Waals surface area (Å²) in [6.07, 6.45) is 0.958. The van der Waals surface area contributed by atoms with E-state index < -0.39 is 0 Å². The van der Waals surface area contributed by atoms with E-state index in [1.165, 1.54) is 6.07 Å². The van der Waals surface area contributed by atoms with Crippen molar-refractivity contribution in [2.24, 2.45) is 0 Å². The Balaban J connectivity index is 2.47. The molecule has 114 valence electrons. The van der Waals surface area contributed by atoms with Crippen molar-refractivity contribution in [2.45, 2.75) is 26.3 Å². The molecule has 0 bridgehead atoms. The van der Waals surface area contributed by atoms with Gasteiger partial charge in [0.05, 0.1) is 6.61 Å². The smallest absolute Gasteiger partial charge is 0.123 e. The second kappa shape index (κ2) is 9.86. The van der Waals surface area contributed by atoms with Crippen LogP contribution in [0.4, 0.5) is 4.39 Å². The van der Waals surface area contributed by atoms with E-state index in [1.807, 2.05) is 20.0 Å². The number of rotatable bonds is 10. The molecule has 1 rings (SSSR count). The van der Waals surface area contributed by atoms with Crippen LogP contribution in [0.15, 0.2) is 24.3 Å². The monoisotopic (exact) mass is 282 g/mol. The van der Waals surface area contributed by atoms with Crippen LogP contribution in [0.25, 0.3) is 0 Å². The molecule has 1 aromatic rings. The van der Waals surface area contributed by atoms with Gasteiger partial charge in [-0.25, -0.2) is 4.39 Å². The minimum Gasteiger partial charge on any atom is -0.380 e. The van der Waals surface area contributed by atoms with Crippen molar-refractivity contribution in [3.8, 4) is 0 Å². The summed E-state index contributed by atoms with van der Waals surface area (Å²) < 4.78 is 18.7. The van der Waals surface area contributed by atoms with Gasteiger partial charge in [0.25, 0.3) is 0 Å². The molecule has 20 heavy (non-hydrogen) atoms. The van der Waals surface area contributed by atoms with E-state index >= 15 is 0 Å². The van der Waals surface area contributed by atoms with Crippen LogP contribution in [0.2, 0.25) is 0 Å². The summed E-state index contributed by atoms with van der Waals surface area (Å²) in [5, 5.41) is 3.27. The van der Waals surface area contributed by atoms with E-state index in [4.69, 9.17) is 4.74 Å². The molecule has 0 saturated heterocycles. The van der Waals surface area contributed by atoms with Gasteiger partial charge in [0.15, 0.2) is 0 Å². The second-order valence-corrected chi connectivity index (χ2v) is 4.82. The van der Waals surface area contributed by atoms with Crippen LogP contribution in [0, 0.1) is 5.82 Å². The topological polar surface area (TPSA) is 24.5 Å². The predicted molar refractivity (Wildman–Crippen MR) is 81.4 cm³/mol. The summed E-state index contributed by atoms with van der Waals surface area (Å²) in [5.74, 6) is -0.175. The van der Waals surface area contributed by atoms with Crippen LogP contribution in [0.3, 0.4) is 0 Å². The Morgan fingerprint density at radius 2 is 2.10 bits per heavy atom. The molecule has 1 unspecified atom stereocenters. The minimum absolute atomic E-state index is 0.175. The van der Waals surface area contributed by atoms with E-state index in [-0.39, 0.29) is 11.9 Å². The Morgan fingerprint density at radius 1 is 1.30 bits per heavy atom. The van der Waals surface area contributed by atoms with Gasteiger partial charge >= 0.3 is 0 Å². The Labute approximate surface area is 122 Å². The fourth-order valence-electron chi connectivity index (χ4n) is 2.28. The van der Waals surface area contributed by atoms with Crippen molar-refractivity contribution >= 4 is 0 Å². The lowest BCUT2D eigenvalue weighted by Gasteiger charge is -2.24. The molecule has 1 atom stereocenters. The number of benzene rings is 1. The third-order valence-corrected chi connectivity index (χ3v) is 3.54. The van der Waals surface area contributed by atoms with Crippen molar-refractivity contribution in [1.29, 1.82) is 0 Å². The molecule has 0 aliphatic carbocycles. The van der Waals surface area contributed by atoms with Gasteiger partial charge in [0.2, 0.25) is 0 Å². The molecule has 0 heterocycles. The van der Waals surface area contributed by atoms with E-state index in [9.17, 15) is 4.39 Å². The van der Waals surface area contributed by atoms with Crippen LogP contribution in [0.5, 0.6) is 0 Å². The first-order chi connectivity index (χ1) is 9.71. The quantitative estimate of drug-likeness (QED) is 0.668. The van der Waals surface area contributed by atoms with E-state index in [0.29, 0.717) is 0 Å². The Bertz CT molecular complexity index is 373. The fourth-order valence-corrected chi connectivity index (χ4v) is 2.28. The van der Waals surface area contributed by atoms with Crippen molar-refractivity contribution in [1.82, 2.24) is 10.2 Å². The molecule has 1 aromatic carbocycles. The third-order valence-electron chi connectivity index (χ3n) is 3.54.